The third kappa shape index (κ3) is 2.44. The molecule has 0 spiro atoms. The maximum absolute atomic E-state index is 7.49. The van der Waals surface area contributed by atoms with Crippen molar-refractivity contribution >= 4 is 39.4 Å². The molecule has 0 saturated carbocycles. The van der Waals surface area contributed by atoms with Crippen LogP contribution in [0.4, 0.5) is 0 Å². The number of rotatable bonds is 1. The number of pyridine rings is 1. The van der Waals surface area contributed by atoms with Gasteiger partial charge in [-0.1, -0.05) is 0 Å². The highest BCUT2D eigenvalue weighted by Gasteiger charge is 1.98. The lowest BCUT2D eigenvalue weighted by molar-refractivity contribution is 1.29. The zero-order valence-corrected chi connectivity index (χ0v) is 8.94. The van der Waals surface area contributed by atoms with Gasteiger partial charge >= 0.3 is 0 Å². The van der Waals surface area contributed by atoms with Crippen molar-refractivity contribution in [3.8, 4) is 0 Å². The van der Waals surface area contributed by atoms with E-state index in [0.29, 0.717) is 5.04 Å². The normalized spacial score (nSPS) is 9.64. The summed E-state index contributed by atoms with van der Waals surface area (Å²) in [6, 6.07) is 1.95. The van der Waals surface area contributed by atoms with Crippen molar-refractivity contribution < 1.29 is 0 Å². The minimum atomic E-state index is 0.566. The van der Waals surface area contributed by atoms with Gasteiger partial charge in [0.15, 0.2) is 0 Å². The largest absolute Gasteiger partial charge is 0.293 e. The van der Waals surface area contributed by atoms with Crippen LogP contribution in [-0.2, 0) is 0 Å². The van der Waals surface area contributed by atoms with E-state index in [0.717, 1.165) is 9.13 Å². The summed E-state index contributed by atoms with van der Waals surface area (Å²) in [4.78, 5) is 3.99. The summed E-state index contributed by atoms with van der Waals surface area (Å²) in [6.07, 6.45) is 5.38. The summed E-state index contributed by atoms with van der Waals surface area (Å²) in [5, 5.41) is 8.06. The second-order valence-electron chi connectivity index (χ2n) is 1.93. The molecule has 0 saturated heterocycles. The van der Waals surface area contributed by atoms with Gasteiger partial charge in [0.05, 0.1) is 5.04 Å². The standard InChI is InChI=1S/C7H7IN2S/c1-11-7(9)5-2-6(8)4-10-3-5/h2-4,9H,1H3. The molecule has 2 nitrogen and oxygen atoms in total. The number of hydrogen-bond donors (Lipinski definition) is 1. The van der Waals surface area contributed by atoms with Crippen molar-refractivity contribution in [1.29, 1.82) is 5.41 Å². The van der Waals surface area contributed by atoms with Gasteiger partial charge in [-0.15, -0.1) is 11.8 Å². The van der Waals surface area contributed by atoms with E-state index in [1.165, 1.54) is 11.8 Å². The van der Waals surface area contributed by atoms with E-state index in [9.17, 15) is 0 Å². The molecule has 0 aliphatic heterocycles. The van der Waals surface area contributed by atoms with Gasteiger partial charge < -0.3 is 0 Å². The van der Waals surface area contributed by atoms with Gasteiger partial charge in [-0.2, -0.15) is 0 Å². The third-order valence-electron chi connectivity index (χ3n) is 1.17. The number of hydrogen-bond acceptors (Lipinski definition) is 3. The van der Waals surface area contributed by atoms with Crippen molar-refractivity contribution in [3.05, 3.63) is 27.6 Å². The van der Waals surface area contributed by atoms with Crippen LogP contribution in [0.1, 0.15) is 5.56 Å². The van der Waals surface area contributed by atoms with E-state index >= 15 is 0 Å². The van der Waals surface area contributed by atoms with E-state index in [-0.39, 0.29) is 0 Å². The summed E-state index contributed by atoms with van der Waals surface area (Å²) < 4.78 is 1.07. The minimum absolute atomic E-state index is 0.566. The van der Waals surface area contributed by atoms with Crippen LogP contribution >= 0.6 is 34.4 Å². The van der Waals surface area contributed by atoms with E-state index in [1.54, 1.807) is 12.4 Å². The third-order valence-corrected chi connectivity index (χ3v) is 2.41. The molecule has 4 heteroatoms. The predicted octanol–water partition coefficient (Wildman–Crippen LogP) is 2.37. The van der Waals surface area contributed by atoms with Crippen LogP contribution in [0.3, 0.4) is 0 Å². The second-order valence-corrected chi connectivity index (χ2v) is 3.99. The summed E-state index contributed by atoms with van der Waals surface area (Å²) in [7, 11) is 0. The fourth-order valence-corrected chi connectivity index (χ4v) is 1.50. The zero-order valence-electron chi connectivity index (χ0n) is 5.97. The van der Waals surface area contributed by atoms with Crippen LogP contribution in [0.15, 0.2) is 18.5 Å². The second kappa shape index (κ2) is 4.06. The van der Waals surface area contributed by atoms with Gasteiger partial charge in [0, 0.05) is 21.5 Å². The molecule has 0 atom stereocenters. The minimum Gasteiger partial charge on any atom is -0.293 e. The first-order valence-corrected chi connectivity index (χ1v) is 5.28. The van der Waals surface area contributed by atoms with Crippen molar-refractivity contribution in [2.24, 2.45) is 0 Å². The lowest BCUT2D eigenvalue weighted by atomic mass is 10.3. The van der Waals surface area contributed by atoms with Crippen LogP contribution in [0, 0.1) is 8.98 Å². The Morgan fingerprint density at radius 1 is 1.64 bits per heavy atom. The summed E-state index contributed by atoms with van der Waals surface area (Å²) in [5.74, 6) is 0. The zero-order chi connectivity index (χ0) is 8.27. The molecule has 0 unspecified atom stereocenters. The van der Waals surface area contributed by atoms with E-state index in [2.05, 4.69) is 27.6 Å². The summed E-state index contributed by atoms with van der Waals surface area (Å²) in [6.45, 7) is 0. The van der Waals surface area contributed by atoms with Crippen molar-refractivity contribution in [2.75, 3.05) is 6.26 Å². The molecule has 1 aromatic heterocycles. The van der Waals surface area contributed by atoms with Gasteiger partial charge in [0.2, 0.25) is 0 Å². The maximum Gasteiger partial charge on any atom is 0.0955 e. The highest BCUT2D eigenvalue weighted by Crippen LogP contribution is 2.10. The number of nitrogens with one attached hydrogen (secondary N) is 1. The van der Waals surface area contributed by atoms with Crippen LogP contribution < -0.4 is 0 Å². The lowest BCUT2D eigenvalue weighted by Gasteiger charge is -1.98. The number of thioether (sulfide) groups is 1. The molecule has 1 rings (SSSR count). The molecule has 0 bridgehead atoms. The molecule has 1 N–H and O–H groups in total. The Hall–Kier alpha value is -0.100. The smallest absolute Gasteiger partial charge is 0.0955 e. The first kappa shape index (κ1) is 8.99. The molecule has 0 fully saturated rings. The Bertz CT molecular complexity index is 275. The Kier molecular flexibility index (Phi) is 3.32. The Labute approximate surface area is 83.5 Å². The van der Waals surface area contributed by atoms with E-state index < -0.39 is 0 Å². The van der Waals surface area contributed by atoms with Crippen LogP contribution in [0.25, 0.3) is 0 Å². The van der Waals surface area contributed by atoms with Crippen LogP contribution in [0.5, 0.6) is 0 Å². The average Bonchev–Trinajstić information content (AvgIpc) is 2.03. The Balaban J connectivity index is 2.96. The fraction of sp³-hybridized carbons (Fsp3) is 0.143. The molecule has 11 heavy (non-hydrogen) atoms. The van der Waals surface area contributed by atoms with Crippen LogP contribution in [-0.4, -0.2) is 16.3 Å². The molecule has 0 aliphatic rings. The SMILES string of the molecule is CSC(=N)c1cncc(I)c1. The fourth-order valence-electron chi connectivity index (χ4n) is 0.654. The predicted molar refractivity (Wildman–Crippen MR) is 57.3 cm³/mol. The summed E-state index contributed by atoms with van der Waals surface area (Å²) >= 11 is 3.61. The molecular formula is C7H7IN2S. The van der Waals surface area contributed by atoms with Crippen LogP contribution in [0.2, 0.25) is 0 Å². The van der Waals surface area contributed by atoms with Gasteiger partial charge in [0.1, 0.15) is 0 Å². The molecule has 1 aromatic rings. The summed E-state index contributed by atoms with van der Waals surface area (Å²) in [5.41, 5.74) is 0.893. The first-order chi connectivity index (χ1) is 5.24. The number of halogens is 1. The Morgan fingerprint density at radius 3 is 2.91 bits per heavy atom. The molecule has 1 heterocycles. The highest BCUT2D eigenvalue weighted by atomic mass is 127. The number of nitrogens with zero attached hydrogens (tertiary/aromatic N) is 1. The Morgan fingerprint density at radius 2 is 2.36 bits per heavy atom. The van der Waals surface area contributed by atoms with Gasteiger partial charge in [-0.3, -0.25) is 10.4 Å². The molecule has 0 aromatic carbocycles. The monoisotopic (exact) mass is 278 g/mol. The topological polar surface area (TPSA) is 36.7 Å². The highest BCUT2D eigenvalue weighted by molar-refractivity contribution is 14.1. The quantitative estimate of drug-likeness (QED) is 0.486. The first-order valence-electron chi connectivity index (χ1n) is 2.97. The van der Waals surface area contributed by atoms with Gasteiger partial charge in [-0.25, -0.2) is 0 Å². The maximum atomic E-state index is 7.49. The molecule has 0 aliphatic carbocycles. The molecular weight excluding hydrogens is 271 g/mol. The van der Waals surface area contributed by atoms with Crippen molar-refractivity contribution in [1.82, 2.24) is 4.98 Å². The lowest BCUT2D eigenvalue weighted by Crippen LogP contribution is -1.93. The van der Waals surface area contributed by atoms with Crippen molar-refractivity contribution in [2.45, 2.75) is 0 Å². The van der Waals surface area contributed by atoms with E-state index in [4.69, 9.17) is 5.41 Å². The van der Waals surface area contributed by atoms with Crippen molar-refractivity contribution in [3.63, 3.8) is 0 Å². The van der Waals surface area contributed by atoms with Gasteiger partial charge in [-0.05, 0) is 34.9 Å². The molecule has 0 radical (unpaired) electrons. The van der Waals surface area contributed by atoms with Gasteiger partial charge in [0.25, 0.3) is 0 Å². The molecule has 58 valence electrons. The number of aromatic nitrogens is 1. The average molecular weight is 278 g/mol. The molecule has 0 amide bonds. The van der Waals surface area contributed by atoms with E-state index in [1.807, 2.05) is 12.3 Å².